The second-order valence-corrected chi connectivity index (χ2v) is 4.41. The lowest BCUT2D eigenvalue weighted by molar-refractivity contribution is -0.137. The van der Waals surface area contributed by atoms with Crippen molar-refractivity contribution in [3.8, 4) is 0 Å². The number of carboxylic acids is 1. The molecule has 0 atom stereocenters. The highest BCUT2D eigenvalue weighted by Crippen LogP contribution is 2.06. The Kier molecular flexibility index (Phi) is 7.89. The molecule has 0 spiro atoms. The van der Waals surface area contributed by atoms with Crippen LogP contribution in [0.15, 0.2) is 30.3 Å². The Bertz CT molecular complexity index is 322. The molecule has 0 amide bonds. The van der Waals surface area contributed by atoms with E-state index in [1.165, 1.54) is 12.0 Å². The van der Waals surface area contributed by atoms with Crippen LogP contribution in [0, 0.1) is 0 Å². The van der Waals surface area contributed by atoms with Crippen LogP contribution in [0.25, 0.3) is 0 Å². The molecule has 3 heteroatoms. The monoisotopic (exact) mass is 250 g/mol. The number of aliphatic carboxylic acids is 1. The van der Waals surface area contributed by atoms with Gasteiger partial charge in [0.15, 0.2) is 0 Å². The average Bonchev–Trinajstić information content (AvgIpc) is 2.37. The summed E-state index contributed by atoms with van der Waals surface area (Å²) in [5.41, 5.74) is 1.39. The molecule has 1 aromatic carbocycles. The van der Waals surface area contributed by atoms with Crippen LogP contribution in [0.2, 0.25) is 0 Å². The van der Waals surface area contributed by atoms with Crippen molar-refractivity contribution in [3.05, 3.63) is 35.9 Å². The van der Waals surface area contributed by atoms with Crippen molar-refractivity contribution in [2.75, 3.05) is 13.2 Å². The summed E-state index contributed by atoms with van der Waals surface area (Å²) >= 11 is 0. The van der Waals surface area contributed by atoms with Gasteiger partial charge in [0.25, 0.3) is 0 Å². The molecule has 0 saturated heterocycles. The van der Waals surface area contributed by atoms with Gasteiger partial charge < -0.3 is 9.84 Å². The summed E-state index contributed by atoms with van der Waals surface area (Å²) in [7, 11) is 0. The Morgan fingerprint density at radius 2 is 1.72 bits per heavy atom. The second-order valence-electron chi connectivity index (χ2n) is 4.41. The van der Waals surface area contributed by atoms with Gasteiger partial charge in [0, 0.05) is 19.6 Å². The highest BCUT2D eigenvalue weighted by atomic mass is 16.5. The van der Waals surface area contributed by atoms with E-state index in [-0.39, 0.29) is 6.42 Å². The summed E-state index contributed by atoms with van der Waals surface area (Å²) in [4.78, 5) is 10.3. The number of rotatable bonds is 10. The zero-order valence-corrected chi connectivity index (χ0v) is 10.8. The molecule has 0 bridgehead atoms. The van der Waals surface area contributed by atoms with Crippen molar-refractivity contribution in [2.24, 2.45) is 0 Å². The van der Waals surface area contributed by atoms with Crippen molar-refractivity contribution >= 4 is 5.97 Å². The second kappa shape index (κ2) is 9.66. The minimum absolute atomic E-state index is 0.202. The van der Waals surface area contributed by atoms with Gasteiger partial charge in [-0.15, -0.1) is 0 Å². The van der Waals surface area contributed by atoms with Crippen LogP contribution < -0.4 is 0 Å². The molecule has 0 heterocycles. The van der Waals surface area contributed by atoms with Crippen LogP contribution in [0.3, 0.4) is 0 Å². The quantitative estimate of drug-likeness (QED) is 0.648. The van der Waals surface area contributed by atoms with Crippen LogP contribution in [-0.4, -0.2) is 24.3 Å². The molecule has 0 unspecified atom stereocenters. The summed E-state index contributed by atoms with van der Waals surface area (Å²) in [5, 5.41) is 8.44. The minimum atomic E-state index is -0.749. The number of unbranched alkanes of at least 4 members (excludes halogenated alkanes) is 2. The predicted molar refractivity (Wildman–Crippen MR) is 71.7 cm³/mol. The number of hydrogen-bond acceptors (Lipinski definition) is 2. The van der Waals surface area contributed by atoms with Gasteiger partial charge in [-0.05, 0) is 31.2 Å². The third kappa shape index (κ3) is 7.85. The molecule has 1 aromatic rings. The van der Waals surface area contributed by atoms with Crippen molar-refractivity contribution in [3.63, 3.8) is 0 Å². The molecule has 1 N–H and O–H groups in total. The van der Waals surface area contributed by atoms with Gasteiger partial charge in [-0.25, -0.2) is 0 Å². The molecule has 0 aromatic heterocycles. The molecule has 0 aliphatic rings. The molecule has 0 saturated carbocycles. The molecular formula is C15H22O3. The van der Waals surface area contributed by atoms with Crippen LogP contribution in [0.4, 0.5) is 0 Å². The maximum Gasteiger partial charge on any atom is 0.303 e. The van der Waals surface area contributed by atoms with E-state index in [0.717, 1.165) is 25.9 Å². The van der Waals surface area contributed by atoms with E-state index in [9.17, 15) is 4.79 Å². The summed E-state index contributed by atoms with van der Waals surface area (Å²) in [5.74, 6) is -0.749. The Balaban J connectivity index is 1.86. The normalized spacial score (nSPS) is 10.4. The molecule has 1 rings (SSSR count). The topological polar surface area (TPSA) is 46.5 Å². The van der Waals surface area contributed by atoms with Crippen molar-refractivity contribution in [1.82, 2.24) is 0 Å². The molecule has 3 nitrogen and oxygen atoms in total. The Labute approximate surface area is 109 Å². The molecule has 0 aliphatic carbocycles. The SMILES string of the molecule is O=C(O)CCCOCCCCCc1ccccc1. The first kappa shape index (κ1) is 14.7. The summed E-state index contributed by atoms with van der Waals surface area (Å²) in [6.07, 6.45) is 5.34. The third-order valence-electron chi connectivity index (χ3n) is 2.78. The van der Waals surface area contributed by atoms with Gasteiger partial charge in [-0.3, -0.25) is 4.79 Å². The maximum absolute atomic E-state index is 10.3. The fourth-order valence-electron chi connectivity index (χ4n) is 1.78. The molecule has 0 aliphatic heterocycles. The first-order chi connectivity index (χ1) is 8.79. The first-order valence-corrected chi connectivity index (χ1v) is 6.62. The van der Waals surface area contributed by atoms with E-state index in [0.29, 0.717) is 13.0 Å². The maximum atomic E-state index is 10.3. The van der Waals surface area contributed by atoms with Gasteiger partial charge in [0.05, 0.1) is 0 Å². The number of benzene rings is 1. The van der Waals surface area contributed by atoms with Gasteiger partial charge in [0.1, 0.15) is 0 Å². The zero-order chi connectivity index (χ0) is 13.1. The van der Waals surface area contributed by atoms with Crippen molar-refractivity contribution < 1.29 is 14.6 Å². The lowest BCUT2D eigenvalue weighted by atomic mass is 10.1. The molecule has 18 heavy (non-hydrogen) atoms. The standard InChI is InChI=1S/C15H22O3/c16-15(17)11-7-13-18-12-6-2-5-10-14-8-3-1-4-9-14/h1,3-4,8-9H,2,5-7,10-13H2,(H,16,17). The van der Waals surface area contributed by atoms with E-state index in [2.05, 4.69) is 24.3 Å². The molecule has 100 valence electrons. The van der Waals surface area contributed by atoms with Crippen molar-refractivity contribution in [2.45, 2.75) is 38.5 Å². The molecule has 0 fully saturated rings. The Morgan fingerprint density at radius 1 is 1.00 bits per heavy atom. The van der Waals surface area contributed by atoms with E-state index >= 15 is 0 Å². The lowest BCUT2D eigenvalue weighted by Gasteiger charge is -2.03. The van der Waals surface area contributed by atoms with E-state index in [1.54, 1.807) is 0 Å². The molecule has 0 radical (unpaired) electrons. The Morgan fingerprint density at radius 3 is 2.44 bits per heavy atom. The van der Waals surface area contributed by atoms with Gasteiger partial charge in [-0.1, -0.05) is 36.8 Å². The number of aryl methyl sites for hydroxylation is 1. The van der Waals surface area contributed by atoms with Crippen LogP contribution in [-0.2, 0) is 16.0 Å². The highest BCUT2D eigenvalue weighted by Gasteiger charge is 1.96. The van der Waals surface area contributed by atoms with Crippen LogP contribution in [0.1, 0.15) is 37.7 Å². The fraction of sp³-hybridized carbons (Fsp3) is 0.533. The van der Waals surface area contributed by atoms with E-state index in [1.807, 2.05) is 6.07 Å². The van der Waals surface area contributed by atoms with Gasteiger partial charge in [-0.2, -0.15) is 0 Å². The zero-order valence-electron chi connectivity index (χ0n) is 10.8. The van der Waals surface area contributed by atoms with Crippen LogP contribution >= 0.6 is 0 Å². The number of ether oxygens (including phenoxy) is 1. The van der Waals surface area contributed by atoms with Gasteiger partial charge >= 0.3 is 5.97 Å². The summed E-state index contributed by atoms with van der Waals surface area (Å²) in [6.45, 7) is 1.30. The largest absolute Gasteiger partial charge is 0.481 e. The molecular weight excluding hydrogens is 228 g/mol. The Hall–Kier alpha value is -1.35. The third-order valence-corrected chi connectivity index (χ3v) is 2.78. The number of carboxylic acid groups (broad SMARTS) is 1. The van der Waals surface area contributed by atoms with Crippen molar-refractivity contribution in [1.29, 1.82) is 0 Å². The smallest absolute Gasteiger partial charge is 0.303 e. The van der Waals surface area contributed by atoms with E-state index < -0.39 is 5.97 Å². The predicted octanol–water partition coefficient (Wildman–Crippen LogP) is 3.28. The summed E-state index contributed by atoms with van der Waals surface area (Å²) in [6, 6.07) is 10.5. The number of carbonyl (C=O) groups is 1. The van der Waals surface area contributed by atoms with Crippen LogP contribution in [0.5, 0.6) is 0 Å². The van der Waals surface area contributed by atoms with E-state index in [4.69, 9.17) is 9.84 Å². The minimum Gasteiger partial charge on any atom is -0.481 e. The fourth-order valence-corrected chi connectivity index (χ4v) is 1.78. The highest BCUT2D eigenvalue weighted by molar-refractivity contribution is 5.66. The summed E-state index contributed by atoms with van der Waals surface area (Å²) < 4.78 is 5.37. The lowest BCUT2D eigenvalue weighted by Crippen LogP contribution is -2.01. The average molecular weight is 250 g/mol. The van der Waals surface area contributed by atoms with Gasteiger partial charge in [0.2, 0.25) is 0 Å². The number of hydrogen-bond donors (Lipinski definition) is 1. The first-order valence-electron chi connectivity index (χ1n) is 6.62.